The Labute approximate surface area is 117 Å². The topological polar surface area (TPSA) is 39.2 Å². The average molecular weight is 275 g/mol. The van der Waals surface area contributed by atoms with Gasteiger partial charge in [-0.2, -0.15) is 0 Å². The lowest BCUT2D eigenvalue weighted by atomic mass is 9.97. The summed E-state index contributed by atoms with van der Waals surface area (Å²) in [5.41, 5.74) is 3.23. The molecule has 3 nitrogen and oxygen atoms in total. The summed E-state index contributed by atoms with van der Waals surface area (Å²) in [6, 6.07) is 6.04. The van der Waals surface area contributed by atoms with Crippen molar-refractivity contribution < 1.29 is 9.53 Å². The van der Waals surface area contributed by atoms with Crippen LogP contribution < -0.4 is 0 Å². The molecule has 0 saturated carbocycles. The maximum Gasteiger partial charge on any atom is 0.313 e. The number of ether oxygens (including phenoxy) is 1. The molecule has 1 atom stereocenters. The van der Waals surface area contributed by atoms with Gasteiger partial charge >= 0.3 is 5.97 Å². The fourth-order valence-electron chi connectivity index (χ4n) is 1.96. The monoisotopic (exact) mass is 275 g/mol. The molecule has 0 aliphatic heterocycles. The summed E-state index contributed by atoms with van der Waals surface area (Å²) in [6.45, 7) is 6.15. The minimum Gasteiger partial charge on any atom is -0.466 e. The third-order valence-electron chi connectivity index (χ3n) is 3.05. The maximum absolute atomic E-state index is 11.7. The number of thiazole rings is 1. The highest BCUT2D eigenvalue weighted by molar-refractivity contribution is 7.13. The van der Waals surface area contributed by atoms with Crippen molar-refractivity contribution >= 4 is 17.3 Å². The Morgan fingerprint density at radius 3 is 2.84 bits per heavy atom. The average Bonchev–Trinajstić information content (AvgIpc) is 2.91. The number of carbonyl (C=O) groups excluding carboxylic acids is 1. The molecular weight excluding hydrogens is 258 g/mol. The van der Waals surface area contributed by atoms with Gasteiger partial charge in [-0.25, -0.2) is 4.98 Å². The highest BCUT2D eigenvalue weighted by atomic mass is 32.1. The predicted molar refractivity (Wildman–Crippen MR) is 77.3 cm³/mol. The summed E-state index contributed by atoms with van der Waals surface area (Å²) >= 11 is 1.62. The second-order valence-electron chi connectivity index (χ2n) is 4.39. The number of hydrogen-bond acceptors (Lipinski definition) is 4. The Balaban J connectivity index is 2.26. The summed E-state index contributed by atoms with van der Waals surface area (Å²) in [5, 5.41) is 2.97. The lowest BCUT2D eigenvalue weighted by Gasteiger charge is -2.12. The van der Waals surface area contributed by atoms with E-state index in [1.165, 1.54) is 0 Å². The van der Waals surface area contributed by atoms with Crippen molar-refractivity contribution in [2.45, 2.75) is 26.7 Å². The van der Waals surface area contributed by atoms with E-state index in [-0.39, 0.29) is 11.9 Å². The second kappa shape index (κ2) is 5.97. The zero-order valence-electron chi connectivity index (χ0n) is 11.3. The molecule has 1 aromatic carbocycles. The lowest BCUT2D eigenvalue weighted by molar-refractivity contribution is -0.144. The van der Waals surface area contributed by atoms with Crippen molar-refractivity contribution in [1.29, 1.82) is 0 Å². The molecule has 0 fully saturated rings. The third-order valence-corrected chi connectivity index (χ3v) is 3.86. The number of carbonyl (C=O) groups is 1. The molecule has 1 aromatic heterocycles. The zero-order valence-corrected chi connectivity index (χ0v) is 12.2. The number of benzene rings is 1. The van der Waals surface area contributed by atoms with Crippen LogP contribution in [0.15, 0.2) is 29.8 Å². The van der Waals surface area contributed by atoms with Gasteiger partial charge in [0.05, 0.1) is 12.5 Å². The third kappa shape index (κ3) is 3.01. The quantitative estimate of drug-likeness (QED) is 0.797. The van der Waals surface area contributed by atoms with E-state index in [1.54, 1.807) is 17.5 Å². The molecule has 0 bridgehead atoms. The van der Waals surface area contributed by atoms with Gasteiger partial charge in [-0.15, -0.1) is 11.3 Å². The van der Waals surface area contributed by atoms with E-state index in [9.17, 15) is 4.79 Å². The van der Waals surface area contributed by atoms with Crippen molar-refractivity contribution in [2.75, 3.05) is 6.61 Å². The molecule has 4 heteroatoms. The summed E-state index contributed by atoms with van der Waals surface area (Å²) in [5.74, 6) is -0.409. The van der Waals surface area contributed by atoms with Crippen molar-refractivity contribution in [1.82, 2.24) is 4.98 Å². The Morgan fingerprint density at radius 1 is 1.47 bits per heavy atom. The van der Waals surface area contributed by atoms with E-state index in [2.05, 4.69) is 4.98 Å². The Morgan fingerprint density at radius 2 is 2.26 bits per heavy atom. The van der Waals surface area contributed by atoms with Gasteiger partial charge in [-0.3, -0.25) is 4.79 Å². The van der Waals surface area contributed by atoms with Gasteiger partial charge in [0.25, 0.3) is 0 Å². The van der Waals surface area contributed by atoms with E-state index < -0.39 is 0 Å². The summed E-state index contributed by atoms with van der Waals surface area (Å²) in [4.78, 5) is 16.0. The molecule has 1 heterocycles. The van der Waals surface area contributed by atoms with E-state index in [1.807, 2.05) is 44.4 Å². The predicted octanol–water partition coefficient (Wildman–Crippen LogP) is 3.79. The van der Waals surface area contributed by atoms with Crippen LogP contribution in [-0.4, -0.2) is 17.6 Å². The Hall–Kier alpha value is -1.68. The molecule has 0 amide bonds. The molecule has 0 aliphatic carbocycles. The fraction of sp³-hybridized carbons (Fsp3) is 0.333. The van der Waals surface area contributed by atoms with Gasteiger partial charge in [0.1, 0.15) is 5.01 Å². The zero-order chi connectivity index (χ0) is 13.8. The number of hydrogen-bond donors (Lipinski definition) is 0. The molecule has 2 rings (SSSR count). The van der Waals surface area contributed by atoms with Crippen LogP contribution in [0, 0.1) is 6.92 Å². The number of aryl methyl sites for hydroxylation is 1. The van der Waals surface area contributed by atoms with Crippen LogP contribution in [0.1, 0.15) is 30.9 Å². The van der Waals surface area contributed by atoms with Gasteiger partial charge < -0.3 is 4.74 Å². The highest BCUT2D eigenvalue weighted by Gasteiger charge is 2.17. The largest absolute Gasteiger partial charge is 0.466 e. The van der Waals surface area contributed by atoms with Crippen LogP contribution in [0.4, 0.5) is 0 Å². The Kier molecular flexibility index (Phi) is 4.32. The van der Waals surface area contributed by atoms with Gasteiger partial charge in [-0.05, 0) is 31.9 Å². The molecule has 2 aromatic rings. The summed E-state index contributed by atoms with van der Waals surface area (Å²) in [7, 11) is 0. The minimum atomic E-state index is -0.232. The molecule has 1 unspecified atom stereocenters. The van der Waals surface area contributed by atoms with Crippen molar-refractivity contribution in [3.05, 3.63) is 40.9 Å². The fourth-order valence-corrected chi connectivity index (χ4v) is 2.68. The molecule has 0 aliphatic rings. The standard InChI is InChI=1S/C15H17NO2S/c1-4-18-15(17)11(3)12-5-6-13(10(2)9-12)14-16-7-8-19-14/h5-9,11H,4H2,1-3H3. The van der Waals surface area contributed by atoms with Crippen molar-refractivity contribution in [3.8, 4) is 10.6 Å². The second-order valence-corrected chi connectivity index (χ2v) is 5.28. The van der Waals surface area contributed by atoms with E-state index >= 15 is 0 Å². The minimum absolute atomic E-state index is 0.177. The van der Waals surface area contributed by atoms with Crippen LogP contribution in [0.5, 0.6) is 0 Å². The SMILES string of the molecule is CCOC(=O)C(C)c1ccc(-c2nccs2)c(C)c1. The first-order valence-corrected chi connectivity index (χ1v) is 7.18. The number of aromatic nitrogens is 1. The van der Waals surface area contributed by atoms with Gasteiger partial charge in [0.2, 0.25) is 0 Å². The van der Waals surface area contributed by atoms with Gasteiger partial charge in [-0.1, -0.05) is 18.2 Å². The number of rotatable bonds is 4. The molecule has 19 heavy (non-hydrogen) atoms. The highest BCUT2D eigenvalue weighted by Crippen LogP contribution is 2.28. The first-order chi connectivity index (χ1) is 9.13. The summed E-state index contributed by atoms with van der Waals surface area (Å²) in [6.07, 6.45) is 1.80. The molecule has 0 N–H and O–H groups in total. The normalized spacial score (nSPS) is 12.2. The molecule has 0 saturated heterocycles. The van der Waals surface area contributed by atoms with Crippen LogP contribution >= 0.6 is 11.3 Å². The maximum atomic E-state index is 11.7. The molecule has 0 radical (unpaired) electrons. The van der Waals surface area contributed by atoms with Gasteiger partial charge in [0.15, 0.2) is 0 Å². The van der Waals surface area contributed by atoms with E-state index in [0.29, 0.717) is 6.61 Å². The molecule has 100 valence electrons. The summed E-state index contributed by atoms with van der Waals surface area (Å²) < 4.78 is 5.05. The van der Waals surface area contributed by atoms with E-state index in [0.717, 1.165) is 21.7 Å². The first-order valence-electron chi connectivity index (χ1n) is 6.30. The smallest absolute Gasteiger partial charge is 0.313 e. The number of esters is 1. The van der Waals surface area contributed by atoms with E-state index in [4.69, 9.17) is 4.74 Å². The van der Waals surface area contributed by atoms with Crippen LogP contribution in [-0.2, 0) is 9.53 Å². The van der Waals surface area contributed by atoms with Crippen LogP contribution in [0.3, 0.4) is 0 Å². The lowest BCUT2D eigenvalue weighted by Crippen LogP contribution is -2.13. The van der Waals surface area contributed by atoms with Crippen molar-refractivity contribution in [3.63, 3.8) is 0 Å². The molecule has 0 spiro atoms. The Bertz CT molecular complexity index is 564. The van der Waals surface area contributed by atoms with Crippen LogP contribution in [0.25, 0.3) is 10.6 Å². The number of nitrogens with zero attached hydrogens (tertiary/aromatic N) is 1. The first kappa shape index (κ1) is 13.7. The molecular formula is C15H17NO2S. The van der Waals surface area contributed by atoms with Crippen molar-refractivity contribution in [2.24, 2.45) is 0 Å². The van der Waals surface area contributed by atoms with Crippen LogP contribution in [0.2, 0.25) is 0 Å². The van der Waals surface area contributed by atoms with Gasteiger partial charge in [0, 0.05) is 17.1 Å².